The molecule has 0 saturated heterocycles. The lowest BCUT2D eigenvalue weighted by atomic mass is 9.90. The molecule has 232 valence electrons. The van der Waals surface area contributed by atoms with E-state index in [1.54, 1.807) is 12.1 Å². The van der Waals surface area contributed by atoms with Crippen LogP contribution in [0.3, 0.4) is 0 Å². The molecule has 1 unspecified atom stereocenters. The molecule has 0 radical (unpaired) electrons. The maximum Gasteiger partial charge on any atom is 0.170 e. The molecule has 47 heavy (non-hydrogen) atoms. The van der Waals surface area contributed by atoms with Crippen molar-refractivity contribution in [2.45, 2.75) is 25.9 Å². The van der Waals surface area contributed by atoms with Gasteiger partial charge in [0.15, 0.2) is 11.6 Å². The third-order valence-corrected chi connectivity index (χ3v) is 8.49. The minimum absolute atomic E-state index is 0.0353. The van der Waals surface area contributed by atoms with Crippen molar-refractivity contribution in [2.75, 3.05) is 0 Å². The van der Waals surface area contributed by atoms with Crippen molar-refractivity contribution in [1.29, 1.82) is 0 Å². The highest BCUT2D eigenvalue weighted by Gasteiger charge is 2.18. The lowest BCUT2D eigenvalue weighted by molar-refractivity contribution is 0.0964. The van der Waals surface area contributed by atoms with Gasteiger partial charge in [0, 0.05) is 23.5 Å². The SMILES string of the molecule is CC(C(=O)c1ccc(-c2cc(-c3ccc(CO)cc3)cc(-c3ccc(CC(=O)c4ccc(F)cc4)cc3)c2)cc1)c1ccc(F)cc1. The predicted molar refractivity (Wildman–Crippen MR) is 182 cm³/mol. The number of rotatable bonds is 10. The van der Waals surface area contributed by atoms with E-state index in [2.05, 4.69) is 18.2 Å². The van der Waals surface area contributed by atoms with Crippen LogP contribution in [0.5, 0.6) is 0 Å². The van der Waals surface area contributed by atoms with Crippen LogP contribution in [0.4, 0.5) is 8.78 Å². The summed E-state index contributed by atoms with van der Waals surface area (Å²) in [6.07, 6.45) is 0.208. The van der Waals surface area contributed by atoms with E-state index in [0.717, 1.165) is 50.1 Å². The molecule has 6 aromatic rings. The quantitative estimate of drug-likeness (QED) is 0.155. The number of aliphatic hydroxyl groups is 1. The number of halogens is 2. The molecular weight excluding hydrogens is 590 g/mol. The van der Waals surface area contributed by atoms with Gasteiger partial charge in [-0.15, -0.1) is 0 Å². The molecule has 3 nitrogen and oxygen atoms in total. The summed E-state index contributed by atoms with van der Waals surface area (Å²) >= 11 is 0. The first-order chi connectivity index (χ1) is 22.8. The van der Waals surface area contributed by atoms with E-state index in [1.165, 1.54) is 36.4 Å². The summed E-state index contributed by atoms with van der Waals surface area (Å²) in [6, 6.07) is 41.0. The fourth-order valence-corrected chi connectivity index (χ4v) is 5.65. The van der Waals surface area contributed by atoms with Gasteiger partial charge in [-0.1, -0.05) is 91.9 Å². The molecule has 6 aromatic carbocycles. The van der Waals surface area contributed by atoms with Crippen LogP contribution in [0.25, 0.3) is 33.4 Å². The van der Waals surface area contributed by atoms with Crippen LogP contribution in [0.1, 0.15) is 50.2 Å². The molecule has 5 heteroatoms. The Kier molecular flexibility index (Phi) is 9.28. The van der Waals surface area contributed by atoms with Gasteiger partial charge in [0.2, 0.25) is 0 Å². The number of hydrogen-bond acceptors (Lipinski definition) is 3. The summed E-state index contributed by atoms with van der Waals surface area (Å²) in [5.41, 5.74) is 9.32. The highest BCUT2D eigenvalue weighted by atomic mass is 19.1. The summed E-state index contributed by atoms with van der Waals surface area (Å²) in [6.45, 7) is 1.79. The fraction of sp³-hybridized carbons (Fsp3) is 0.0952. The molecule has 1 atom stereocenters. The molecule has 0 bridgehead atoms. The molecule has 0 aliphatic carbocycles. The van der Waals surface area contributed by atoms with Gasteiger partial charge in [-0.05, 0) is 105 Å². The van der Waals surface area contributed by atoms with Crippen molar-refractivity contribution in [3.63, 3.8) is 0 Å². The lowest BCUT2D eigenvalue weighted by Gasteiger charge is -2.14. The Morgan fingerprint density at radius 1 is 0.532 bits per heavy atom. The summed E-state index contributed by atoms with van der Waals surface area (Å²) in [5.74, 6) is -1.25. The van der Waals surface area contributed by atoms with Gasteiger partial charge in [0.1, 0.15) is 11.6 Å². The van der Waals surface area contributed by atoms with E-state index in [0.29, 0.717) is 11.1 Å². The van der Waals surface area contributed by atoms with Crippen LogP contribution in [0.2, 0.25) is 0 Å². The van der Waals surface area contributed by atoms with Gasteiger partial charge in [-0.2, -0.15) is 0 Å². The molecule has 6 rings (SSSR count). The largest absolute Gasteiger partial charge is 0.392 e. The van der Waals surface area contributed by atoms with Crippen LogP contribution in [-0.2, 0) is 13.0 Å². The Labute approximate surface area is 272 Å². The Hall–Kier alpha value is -5.52. The second kappa shape index (κ2) is 13.9. The average molecular weight is 623 g/mol. The fourth-order valence-electron chi connectivity index (χ4n) is 5.65. The summed E-state index contributed by atoms with van der Waals surface area (Å²) in [5, 5.41) is 9.53. The predicted octanol–water partition coefficient (Wildman–Crippen LogP) is 9.87. The molecule has 1 N–H and O–H groups in total. The Balaban J connectivity index is 1.30. The Morgan fingerprint density at radius 2 is 0.936 bits per heavy atom. The van der Waals surface area contributed by atoms with Gasteiger partial charge in [-0.25, -0.2) is 8.78 Å². The molecule has 0 aliphatic rings. The number of hydrogen-bond donors (Lipinski definition) is 1. The van der Waals surface area contributed by atoms with Crippen molar-refractivity contribution in [2.24, 2.45) is 0 Å². The van der Waals surface area contributed by atoms with E-state index < -0.39 is 5.92 Å². The van der Waals surface area contributed by atoms with Crippen molar-refractivity contribution in [3.8, 4) is 33.4 Å². The summed E-state index contributed by atoms with van der Waals surface area (Å²) in [4.78, 5) is 26.0. The first-order valence-corrected chi connectivity index (χ1v) is 15.4. The summed E-state index contributed by atoms with van der Waals surface area (Å²) in [7, 11) is 0. The van der Waals surface area contributed by atoms with E-state index in [-0.39, 0.29) is 36.2 Å². The Morgan fingerprint density at radius 3 is 1.40 bits per heavy atom. The highest BCUT2D eigenvalue weighted by Crippen LogP contribution is 2.34. The van der Waals surface area contributed by atoms with Crippen LogP contribution >= 0.6 is 0 Å². The minimum atomic E-state index is -0.410. The number of benzene rings is 6. The average Bonchev–Trinajstić information content (AvgIpc) is 3.12. The maximum absolute atomic E-state index is 13.4. The monoisotopic (exact) mass is 622 g/mol. The first kappa shape index (κ1) is 31.5. The number of Topliss-reactive ketones (excluding diaryl/α,β-unsaturated/α-hetero) is 2. The molecule has 0 saturated carbocycles. The van der Waals surface area contributed by atoms with Gasteiger partial charge >= 0.3 is 0 Å². The van der Waals surface area contributed by atoms with Crippen molar-refractivity contribution < 1.29 is 23.5 Å². The standard InChI is InChI=1S/C42H32F2O3/c1-27(30-14-18-39(43)19-15-30)42(47)35-12-10-33(11-13-35)38-24-36(23-37(25-38)32-8-4-29(26-45)5-9-32)31-6-2-28(3-7-31)22-41(46)34-16-20-40(44)21-17-34/h2-21,23-25,27,45H,22,26H2,1H3. The molecule has 0 amide bonds. The third kappa shape index (κ3) is 7.32. The van der Waals surface area contributed by atoms with Crippen LogP contribution in [0, 0.1) is 11.6 Å². The number of carbonyl (C=O) groups excluding carboxylic acids is 2. The normalized spacial score (nSPS) is 11.7. The van der Waals surface area contributed by atoms with Crippen molar-refractivity contribution >= 4 is 11.6 Å². The van der Waals surface area contributed by atoms with Crippen LogP contribution in [-0.4, -0.2) is 16.7 Å². The Bertz CT molecular complexity index is 2010. The number of carbonyl (C=O) groups is 2. The van der Waals surface area contributed by atoms with Crippen molar-refractivity contribution in [1.82, 2.24) is 0 Å². The maximum atomic E-state index is 13.4. The zero-order chi connectivity index (χ0) is 32.9. The molecule has 0 aliphatic heterocycles. The zero-order valence-electron chi connectivity index (χ0n) is 25.8. The van der Waals surface area contributed by atoms with Gasteiger partial charge < -0.3 is 5.11 Å². The number of aliphatic hydroxyl groups excluding tert-OH is 1. The van der Waals surface area contributed by atoms with Gasteiger partial charge in [-0.3, -0.25) is 9.59 Å². The van der Waals surface area contributed by atoms with Crippen molar-refractivity contribution in [3.05, 3.63) is 179 Å². The van der Waals surface area contributed by atoms with Crippen LogP contribution < -0.4 is 0 Å². The highest BCUT2D eigenvalue weighted by molar-refractivity contribution is 6.01. The van der Waals surface area contributed by atoms with Gasteiger partial charge in [0.05, 0.1) is 6.61 Å². The smallest absolute Gasteiger partial charge is 0.170 e. The molecule has 0 aromatic heterocycles. The molecular formula is C42H32F2O3. The molecule has 0 fully saturated rings. The second-order valence-electron chi connectivity index (χ2n) is 11.7. The van der Waals surface area contributed by atoms with Crippen LogP contribution in [0.15, 0.2) is 140 Å². The third-order valence-electron chi connectivity index (χ3n) is 8.49. The van der Waals surface area contributed by atoms with E-state index in [9.17, 15) is 23.5 Å². The minimum Gasteiger partial charge on any atom is -0.392 e. The number of ketones is 2. The van der Waals surface area contributed by atoms with E-state index in [4.69, 9.17) is 0 Å². The lowest BCUT2D eigenvalue weighted by Crippen LogP contribution is -2.09. The first-order valence-electron chi connectivity index (χ1n) is 15.4. The van der Waals surface area contributed by atoms with E-state index >= 15 is 0 Å². The molecule has 0 heterocycles. The van der Waals surface area contributed by atoms with Gasteiger partial charge in [0.25, 0.3) is 0 Å². The van der Waals surface area contributed by atoms with E-state index in [1.807, 2.05) is 79.7 Å². The topological polar surface area (TPSA) is 54.4 Å². The summed E-state index contributed by atoms with van der Waals surface area (Å²) < 4.78 is 26.7. The molecule has 0 spiro atoms. The second-order valence-corrected chi connectivity index (χ2v) is 11.7. The zero-order valence-corrected chi connectivity index (χ0v) is 25.8.